The summed E-state index contributed by atoms with van der Waals surface area (Å²) in [6.07, 6.45) is 1.36. The molecule has 7 nitrogen and oxygen atoms in total. The Morgan fingerprint density at radius 1 is 1.07 bits per heavy atom. The highest BCUT2D eigenvalue weighted by molar-refractivity contribution is 6.06. The van der Waals surface area contributed by atoms with Gasteiger partial charge in [-0.15, -0.1) is 0 Å². The first-order chi connectivity index (χ1) is 13.6. The zero-order chi connectivity index (χ0) is 19.7. The SMILES string of the molecule is COc1ccc(-c2nc3c(NC(=O)c4ccc(F)cc4)ncnc3n2C)cc1. The zero-order valence-corrected chi connectivity index (χ0v) is 15.2. The lowest BCUT2D eigenvalue weighted by Crippen LogP contribution is -2.13. The van der Waals surface area contributed by atoms with E-state index in [0.29, 0.717) is 22.6 Å². The third-order valence-corrected chi connectivity index (χ3v) is 4.34. The van der Waals surface area contributed by atoms with Crippen LogP contribution in [0.2, 0.25) is 0 Å². The smallest absolute Gasteiger partial charge is 0.256 e. The lowest BCUT2D eigenvalue weighted by Gasteiger charge is -2.05. The first-order valence-corrected chi connectivity index (χ1v) is 8.45. The maximum absolute atomic E-state index is 13.1. The Morgan fingerprint density at radius 2 is 1.79 bits per heavy atom. The predicted molar refractivity (Wildman–Crippen MR) is 103 cm³/mol. The van der Waals surface area contributed by atoms with Crippen LogP contribution in [-0.2, 0) is 7.05 Å². The van der Waals surface area contributed by atoms with Crippen molar-refractivity contribution in [2.45, 2.75) is 0 Å². The van der Waals surface area contributed by atoms with Gasteiger partial charge in [0.05, 0.1) is 7.11 Å². The molecule has 8 heteroatoms. The maximum Gasteiger partial charge on any atom is 0.256 e. The predicted octanol–water partition coefficient (Wildman–Crippen LogP) is 3.43. The number of nitrogens with zero attached hydrogens (tertiary/aromatic N) is 4. The van der Waals surface area contributed by atoms with Crippen molar-refractivity contribution in [3.63, 3.8) is 0 Å². The number of amides is 1. The minimum Gasteiger partial charge on any atom is -0.497 e. The number of nitrogens with one attached hydrogen (secondary N) is 1. The van der Waals surface area contributed by atoms with Crippen LogP contribution in [0.1, 0.15) is 10.4 Å². The molecule has 0 unspecified atom stereocenters. The van der Waals surface area contributed by atoms with Crippen molar-refractivity contribution in [2.24, 2.45) is 7.05 Å². The van der Waals surface area contributed by atoms with E-state index in [1.165, 1.54) is 30.6 Å². The fourth-order valence-corrected chi connectivity index (χ4v) is 2.87. The van der Waals surface area contributed by atoms with E-state index in [2.05, 4.69) is 20.3 Å². The fraction of sp³-hybridized carbons (Fsp3) is 0.100. The molecule has 0 aliphatic heterocycles. The third-order valence-electron chi connectivity index (χ3n) is 4.34. The second-order valence-corrected chi connectivity index (χ2v) is 6.08. The Balaban J connectivity index is 1.72. The number of hydrogen-bond donors (Lipinski definition) is 1. The molecule has 2 heterocycles. The molecular formula is C20H16FN5O2. The highest BCUT2D eigenvalue weighted by Crippen LogP contribution is 2.27. The van der Waals surface area contributed by atoms with Gasteiger partial charge in [-0.1, -0.05) is 0 Å². The summed E-state index contributed by atoms with van der Waals surface area (Å²) in [5, 5.41) is 2.72. The second kappa shape index (κ2) is 7.07. The third kappa shape index (κ3) is 3.16. The van der Waals surface area contributed by atoms with E-state index in [9.17, 15) is 9.18 Å². The van der Waals surface area contributed by atoms with Gasteiger partial charge in [-0.2, -0.15) is 0 Å². The molecule has 28 heavy (non-hydrogen) atoms. The number of fused-ring (bicyclic) bond motifs is 1. The molecule has 2 aromatic heterocycles. The second-order valence-electron chi connectivity index (χ2n) is 6.08. The summed E-state index contributed by atoms with van der Waals surface area (Å²) in [7, 11) is 3.45. The number of ether oxygens (including phenoxy) is 1. The van der Waals surface area contributed by atoms with Gasteiger partial charge < -0.3 is 14.6 Å². The Labute approximate surface area is 159 Å². The lowest BCUT2D eigenvalue weighted by atomic mass is 10.2. The van der Waals surface area contributed by atoms with Crippen LogP contribution < -0.4 is 10.1 Å². The van der Waals surface area contributed by atoms with Gasteiger partial charge in [0.2, 0.25) is 0 Å². The standard InChI is InChI=1S/C20H16FN5O2/c1-26-18(12-5-9-15(28-2)10-6-12)24-16-17(22-11-23-19(16)26)25-20(27)13-3-7-14(21)8-4-13/h3-11H,1-2H3,(H,22,23,25,27). The maximum atomic E-state index is 13.1. The van der Waals surface area contributed by atoms with Crippen molar-refractivity contribution in [1.82, 2.24) is 19.5 Å². The van der Waals surface area contributed by atoms with Gasteiger partial charge in [0, 0.05) is 18.2 Å². The summed E-state index contributed by atoms with van der Waals surface area (Å²) >= 11 is 0. The molecular weight excluding hydrogens is 361 g/mol. The topological polar surface area (TPSA) is 81.9 Å². The lowest BCUT2D eigenvalue weighted by molar-refractivity contribution is 0.102. The molecule has 1 amide bonds. The molecule has 0 atom stereocenters. The number of aryl methyl sites for hydroxylation is 1. The molecule has 0 saturated carbocycles. The number of anilines is 1. The van der Waals surface area contributed by atoms with E-state index in [-0.39, 0.29) is 5.82 Å². The van der Waals surface area contributed by atoms with Gasteiger partial charge >= 0.3 is 0 Å². The monoisotopic (exact) mass is 377 g/mol. The van der Waals surface area contributed by atoms with Crippen LogP contribution in [0, 0.1) is 5.82 Å². The Kier molecular flexibility index (Phi) is 4.44. The number of imidazole rings is 1. The molecule has 0 fully saturated rings. The van der Waals surface area contributed by atoms with Gasteiger partial charge in [-0.25, -0.2) is 19.3 Å². The van der Waals surface area contributed by atoms with Crippen molar-refractivity contribution in [2.75, 3.05) is 12.4 Å². The number of halogens is 1. The summed E-state index contributed by atoms with van der Waals surface area (Å²) in [6, 6.07) is 12.7. The quantitative estimate of drug-likeness (QED) is 0.589. The number of carbonyl (C=O) groups is 1. The molecule has 0 spiro atoms. The number of aromatic nitrogens is 4. The summed E-state index contributed by atoms with van der Waals surface area (Å²) in [5.41, 5.74) is 2.23. The van der Waals surface area contributed by atoms with Gasteiger partial charge in [0.25, 0.3) is 5.91 Å². The van der Waals surface area contributed by atoms with E-state index in [1.807, 2.05) is 35.9 Å². The highest BCUT2D eigenvalue weighted by atomic mass is 19.1. The van der Waals surface area contributed by atoms with Gasteiger partial charge in [0.1, 0.15) is 23.7 Å². The van der Waals surface area contributed by atoms with E-state index < -0.39 is 11.7 Å². The Bertz CT molecular complexity index is 1150. The minimum absolute atomic E-state index is 0.287. The summed E-state index contributed by atoms with van der Waals surface area (Å²) in [4.78, 5) is 25.5. The van der Waals surface area contributed by atoms with Crippen LogP contribution in [0.15, 0.2) is 54.9 Å². The van der Waals surface area contributed by atoms with Crippen LogP contribution in [0.4, 0.5) is 10.2 Å². The number of methoxy groups -OCH3 is 1. The fourth-order valence-electron chi connectivity index (χ4n) is 2.87. The normalized spacial score (nSPS) is 10.8. The number of rotatable bonds is 4. The summed E-state index contributed by atoms with van der Waals surface area (Å²) < 4.78 is 20.1. The molecule has 0 saturated heterocycles. The molecule has 0 bridgehead atoms. The molecule has 0 aliphatic carbocycles. The van der Waals surface area contributed by atoms with E-state index >= 15 is 0 Å². The largest absolute Gasteiger partial charge is 0.497 e. The average molecular weight is 377 g/mol. The van der Waals surface area contributed by atoms with Crippen LogP contribution in [-0.4, -0.2) is 32.5 Å². The molecule has 0 radical (unpaired) electrons. The highest BCUT2D eigenvalue weighted by Gasteiger charge is 2.17. The first kappa shape index (κ1) is 17.6. The number of carbonyl (C=O) groups excluding carboxylic acids is 1. The van der Waals surface area contributed by atoms with Crippen LogP contribution in [0.5, 0.6) is 5.75 Å². The number of hydrogen-bond acceptors (Lipinski definition) is 5. The van der Waals surface area contributed by atoms with Crippen molar-refractivity contribution < 1.29 is 13.9 Å². The molecule has 0 aliphatic rings. The van der Waals surface area contributed by atoms with Gasteiger partial charge in [-0.05, 0) is 48.5 Å². The van der Waals surface area contributed by atoms with E-state index in [0.717, 1.165) is 11.3 Å². The van der Waals surface area contributed by atoms with Crippen LogP contribution in [0.25, 0.3) is 22.6 Å². The molecule has 1 N–H and O–H groups in total. The Morgan fingerprint density at radius 3 is 2.46 bits per heavy atom. The van der Waals surface area contributed by atoms with Crippen LogP contribution >= 0.6 is 0 Å². The average Bonchev–Trinajstić information content (AvgIpc) is 3.06. The minimum atomic E-state index is -0.408. The molecule has 2 aromatic carbocycles. The molecule has 140 valence electrons. The Hall–Kier alpha value is -3.81. The van der Waals surface area contributed by atoms with Crippen molar-refractivity contribution in [3.05, 3.63) is 66.2 Å². The van der Waals surface area contributed by atoms with Crippen molar-refractivity contribution >= 4 is 22.9 Å². The van der Waals surface area contributed by atoms with Gasteiger partial charge in [-0.3, -0.25) is 4.79 Å². The van der Waals surface area contributed by atoms with E-state index in [1.54, 1.807) is 7.11 Å². The molecule has 4 aromatic rings. The van der Waals surface area contributed by atoms with Crippen molar-refractivity contribution in [1.29, 1.82) is 0 Å². The van der Waals surface area contributed by atoms with Crippen molar-refractivity contribution in [3.8, 4) is 17.1 Å². The van der Waals surface area contributed by atoms with Gasteiger partial charge in [0.15, 0.2) is 17.0 Å². The summed E-state index contributed by atoms with van der Waals surface area (Å²) in [5.74, 6) is 0.895. The number of benzene rings is 2. The molecule has 4 rings (SSSR count). The van der Waals surface area contributed by atoms with E-state index in [4.69, 9.17) is 4.74 Å². The van der Waals surface area contributed by atoms with Crippen LogP contribution in [0.3, 0.4) is 0 Å². The zero-order valence-electron chi connectivity index (χ0n) is 15.2. The first-order valence-electron chi connectivity index (χ1n) is 8.45. The summed E-state index contributed by atoms with van der Waals surface area (Å²) in [6.45, 7) is 0.